The Labute approximate surface area is 192 Å². The van der Waals surface area contributed by atoms with Gasteiger partial charge in [0.25, 0.3) is 5.56 Å². The second-order valence-electron chi connectivity index (χ2n) is 9.10. The number of aromatic nitrogens is 2. The van der Waals surface area contributed by atoms with Gasteiger partial charge in [0.1, 0.15) is 10.7 Å². The number of benzene rings is 2. The minimum absolute atomic E-state index is 0.121. The van der Waals surface area contributed by atoms with Crippen molar-refractivity contribution < 1.29 is 5.11 Å². The third kappa shape index (κ3) is 5.15. The smallest absolute Gasteiger partial charge is 0.260 e. The van der Waals surface area contributed by atoms with Crippen LogP contribution < -0.4 is 5.56 Å². The molecule has 2 aromatic heterocycles. The average Bonchev–Trinajstić information content (AvgIpc) is 3.11. The topological polar surface area (TPSA) is 69.2 Å². The first kappa shape index (κ1) is 22.4. The van der Waals surface area contributed by atoms with Gasteiger partial charge in [-0.3, -0.25) is 9.69 Å². The van der Waals surface area contributed by atoms with Gasteiger partial charge >= 0.3 is 0 Å². The molecular weight excluding hydrogens is 418 g/mol. The maximum absolute atomic E-state index is 13.1. The molecule has 6 heteroatoms. The molecule has 2 heterocycles. The second-order valence-corrected chi connectivity index (χ2v) is 9.96. The minimum Gasteiger partial charge on any atom is -0.389 e. The van der Waals surface area contributed by atoms with E-state index in [4.69, 9.17) is 4.98 Å². The number of H-pyrrole nitrogens is 1. The van der Waals surface area contributed by atoms with E-state index in [-0.39, 0.29) is 5.56 Å². The van der Waals surface area contributed by atoms with E-state index < -0.39 is 5.60 Å². The van der Waals surface area contributed by atoms with Gasteiger partial charge in [-0.1, -0.05) is 54.1 Å². The molecule has 0 aliphatic carbocycles. The number of aromatic amines is 1. The number of aryl methyl sites for hydroxylation is 2. The largest absolute Gasteiger partial charge is 0.389 e. The fourth-order valence-corrected chi connectivity index (χ4v) is 5.11. The fraction of sp³-hybridized carbons (Fsp3) is 0.308. The molecule has 0 spiro atoms. The van der Waals surface area contributed by atoms with Crippen LogP contribution in [0.1, 0.15) is 36.4 Å². The van der Waals surface area contributed by atoms with Gasteiger partial charge in [-0.25, -0.2) is 4.98 Å². The number of hydrogen-bond acceptors (Lipinski definition) is 5. The van der Waals surface area contributed by atoms with E-state index in [1.807, 2.05) is 23.6 Å². The van der Waals surface area contributed by atoms with Crippen LogP contribution in [-0.2, 0) is 13.1 Å². The molecule has 0 unspecified atom stereocenters. The molecule has 0 amide bonds. The quantitative estimate of drug-likeness (QED) is 0.416. The number of rotatable bonds is 7. The van der Waals surface area contributed by atoms with Crippen molar-refractivity contribution >= 4 is 21.6 Å². The van der Waals surface area contributed by atoms with Gasteiger partial charge in [0, 0.05) is 24.0 Å². The van der Waals surface area contributed by atoms with Crippen LogP contribution in [0.15, 0.2) is 58.7 Å². The SMILES string of the molecule is Cc1ccc(-c2csc3nc(CN(Cc4ccccc4)CC(C)(C)O)[nH]c(=O)c23)c(C)c1. The van der Waals surface area contributed by atoms with Gasteiger partial charge in [0.05, 0.1) is 17.5 Å². The van der Waals surface area contributed by atoms with E-state index in [2.05, 4.69) is 54.1 Å². The van der Waals surface area contributed by atoms with Crippen molar-refractivity contribution in [2.75, 3.05) is 6.54 Å². The van der Waals surface area contributed by atoms with Crippen LogP contribution in [0, 0.1) is 13.8 Å². The highest BCUT2D eigenvalue weighted by atomic mass is 32.1. The summed E-state index contributed by atoms with van der Waals surface area (Å²) in [4.78, 5) is 23.7. The van der Waals surface area contributed by atoms with Crippen LogP contribution in [0.5, 0.6) is 0 Å². The molecular formula is C26H29N3O2S. The van der Waals surface area contributed by atoms with Crippen LogP contribution >= 0.6 is 11.3 Å². The van der Waals surface area contributed by atoms with Crippen LogP contribution in [0.4, 0.5) is 0 Å². The molecule has 5 nitrogen and oxygen atoms in total. The highest BCUT2D eigenvalue weighted by Gasteiger charge is 2.21. The highest BCUT2D eigenvalue weighted by molar-refractivity contribution is 7.17. The predicted molar refractivity (Wildman–Crippen MR) is 132 cm³/mol. The van der Waals surface area contributed by atoms with Crippen molar-refractivity contribution in [3.8, 4) is 11.1 Å². The zero-order chi connectivity index (χ0) is 22.9. The summed E-state index contributed by atoms with van der Waals surface area (Å²) in [6, 6.07) is 16.4. The summed E-state index contributed by atoms with van der Waals surface area (Å²) in [7, 11) is 0. The Morgan fingerprint density at radius 3 is 2.50 bits per heavy atom. The van der Waals surface area contributed by atoms with Gasteiger partial charge in [0.15, 0.2) is 0 Å². The van der Waals surface area contributed by atoms with Crippen molar-refractivity contribution in [2.45, 2.75) is 46.4 Å². The molecule has 2 N–H and O–H groups in total. The third-order valence-corrected chi connectivity index (χ3v) is 6.27. The zero-order valence-corrected chi connectivity index (χ0v) is 19.8. The minimum atomic E-state index is -0.863. The van der Waals surface area contributed by atoms with Crippen molar-refractivity contribution in [2.24, 2.45) is 0 Å². The first-order chi connectivity index (χ1) is 15.2. The Balaban J connectivity index is 1.67. The first-order valence-electron chi connectivity index (χ1n) is 10.8. The average molecular weight is 448 g/mol. The van der Waals surface area contributed by atoms with E-state index in [1.165, 1.54) is 16.9 Å². The van der Waals surface area contributed by atoms with E-state index >= 15 is 0 Å². The molecule has 0 atom stereocenters. The normalized spacial score (nSPS) is 12.1. The summed E-state index contributed by atoms with van der Waals surface area (Å²) in [6.07, 6.45) is 0. The maximum atomic E-state index is 13.1. The van der Waals surface area contributed by atoms with Gasteiger partial charge < -0.3 is 10.1 Å². The van der Waals surface area contributed by atoms with Crippen LogP contribution in [-0.4, -0.2) is 32.1 Å². The molecule has 4 aromatic rings. The van der Waals surface area contributed by atoms with Crippen molar-refractivity contribution in [1.82, 2.24) is 14.9 Å². The number of aliphatic hydroxyl groups is 1. The molecule has 0 saturated carbocycles. The van der Waals surface area contributed by atoms with Crippen molar-refractivity contribution in [3.05, 3.63) is 86.8 Å². The number of nitrogens with one attached hydrogen (secondary N) is 1. The van der Waals surface area contributed by atoms with Crippen molar-refractivity contribution in [1.29, 1.82) is 0 Å². The lowest BCUT2D eigenvalue weighted by Gasteiger charge is -2.28. The lowest BCUT2D eigenvalue weighted by atomic mass is 9.99. The van der Waals surface area contributed by atoms with Gasteiger partial charge in [-0.2, -0.15) is 0 Å². The summed E-state index contributed by atoms with van der Waals surface area (Å²) in [6.45, 7) is 9.28. The van der Waals surface area contributed by atoms with E-state index in [0.29, 0.717) is 30.8 Å². The summed E-state index contributed by atoms with van der Waals surface area (Å²) >= 11 is 1.50. The van der Waals surface area contributed by atoms with Crippen LogP contribution in [0.2, 0.25) is 0 Å². The van der Waals surface area contributed by atoms with Crippen LogP contribution in [0.25, 0.3) is 21.3 Å². The number of fused-ring (bicyclic) bond motifs is 1. The summed E-state index contributed by atoms with van der Waals surface area (Å²) in [5.74, 6) is 0.608. The monoisotopic (exact) mass is 447 g/mol. The molecule has 0 aliphatic rings. The van der Waals surface area contributed by atoms with Gasteiger partial charge in [0.2, 0.25) is 0 Å². The Bertz CT molecular complexity index is 1290. The summed E-state index contributed by atoms with van der Waals surface area (Å²) in [5.41, 5.74) is 4.50. The third-order valence-electron chi connectivity index (χ3n) is 5.40. The molecule has 0 radical (unpaired) electrons. The van der Waals surface area contributed by atoms with Gasteiger partial charge in [-0.15, -0.1) is 11.3 Å². The molecule has 4 rings (SSSR count). The Morgan fingerprint density at radius 2 is 1.81 bits per heavy atom. The Hall–Kier alpha value is -2.80. The molecule has 0 bridgehead atoms. The van der Waals surface area contributed by atoms with E-state index in [9.17, 15) is 9.90 Å². The molecule has 0 saturated heterocycles. The zero-order valence-electron chi connectivity index (χ0n) is 19.0. The Morgan fingerprint density at radius 1 is 1.06 bits per heavy atom. The van der Waals surface area contributed by atoms with E-state index in [1.54, 1.807) is 13.8 Å². The standard InChI is InChI=1S/C26H29N3O2S/c1-17-10-11-20(18(2)12-17)21-15-32-25-23(21)24(30)27-22(28-25)14-29(16-26(3,4)31)13-19-8-6-5-7-9-19/h5-12,15,31H,13-14,16H2,1-4H3,(H,27,28,30). The maximum Gasteiger partial charge on any atom is 0.260 e. The lowest BCUT2D eigenvalue weighted by molar-refractivity contribution is 0.0298. The molecule has 166 valence electrons. The highest BCUT2D eigenvalue weighted by Crippen LogP contribution is 2.33. The molecule has 32 heavy (non-hydrogen) atoms. The second kappa shape index (κ2) is 8.98. The molecule has 2 aromatic carbocycles. The molecule has 0 aliphatic heterocycles. The van der Waals surface area contributed by atoms with Crippen molar-refractivity contribution in [3.63, 3.8) is 0 Å². The summed E-state index contributed by atoms with van der Waals surface area (Å²) < 4.78 is 0. The number of hydrogen-bond donors (Lipinski definition) is 2. The van der Waals surface area contributed by atoms with E-state index in [0.717, 1.165) is 27.1 Å². The predicted octanol–water partition coefficient (Wildman–Crippen LogP) is 5.04. The Kier molecular flexibility index (Phi) is 6.29. The first-order valence-corrected chi connectivity index (χ1v) is 11.6. The summed E-state index contributed by atoms with van der Waals surface area (Å²) in [5, 5.41) is 13.1. The number of nitrogens with zero attached hydrogens (tertiary/aromatic N) is 2. The fourth-order valence-electron chi connectivity index (χ4n) is 4.15. The lowest BCUT2D eigenvalue weighted by Crippen LogP contribution is -2.38. The van der Waals surface area contributed by atoms with Gasteiger partial charge in [-0.05, 0) is 44.4 Å². The molecule has 0 fully saturated rings. The van der Waals surface area contributed by atoms with Crippen LogP contribution in [0.3, 0.4) is 0 Å². The number of thiophene rings is 1.